The van der Waals surface area contributed by atoms with Gasteiger partial charge in [0, 0.05) is 41.8 Å². The monoisotopic (exact) mass is 858 g/mol. The number of carboxylic acids is 1. The molecule has 2 atom stereocenters. The number of esters is 1. The molecule has 10 rings (SSSR count). The van der Waals surface area contributed by atoms with Crippen LogP contribution in [0.3, 0.4) is 0 Å². The maximum Gasteiger partial charge on any atom is 0.416 e. The molecule has 4 aliphatic rings. The molecule has 0 radical (unpaired) electrons. The van der Waals surface area contributed by atoms with Crippen molar-refractivity contribution in [3.63, 3.8) is 0 Å². The van der Waals surface area contributed by atoms with E-state index in [0.29, 0.717) is 33.2 Å². The molecule has 2 bridgehead atoms. The van der Waals surface area contributed by atoms with E-state index in [1.165, 1.54) is 92.7 Å². The van der Waals surface area contributed by atoms with E-state index in [4.69, 9.17) is 21.1 Å². The molecule has 2 unspecified atom stereocenters. The molecule has 0 saturated heterocycles. The van der Waals surface area contributed by atoms with Gasteiger partial charge >= 0.3 is 18.1 Å². The number of halogens is 4. The Morgan fingerprint density at radius 2 is 1.56 bits per heavy atom. The minimum Gasteiger partial charge on any atom is -0.478 e. The van der Waals surface area contributed by atoms with E-state index in [2.05, 4.69) is 37.7 Å². The van der Waals surface area contributed by atoms with Gasteiger partial charge in [0.25, 0.3) is 0 Å². The van der Waals surface area contributed by atoms with E-state index in [0.717, 1.165) is 29.9 Å². The number of carbonyl (C=O) groups excluding carboxylic acids is 1. The van der Waals surface area contributed by atoms with Crippen molar-refractivity contribution in [2.24, 2.45) is 23.2 Å². The van der Waals surface area contributed by atoms with Crippen LogP contribution >= 0.6 is 11.6 Å². The fourth-order valence-electron chi connectivity index (χ4n) is 10.9. The summed E-state index contributed by atoms with van der Waals surface area (Å²) in [4.78, 5) is 40.5. The lowest BCUT2D eigenvalue weighted by Crippen LogP contribution is -2.70. The van der Waals surface area contributed by atoms with Crippen LogP contribution in [0.15, 0.2) is 116 Å². The number of ether oxygens (including phenoxy) is 2. The normalized spacial score (nSPS) is 22.8. The molecule has 2 aromatic heterocycles. The van der Waals surface area contributed by atoms with Gasteiger partial charge in [0.05, 0.1) is 34.2 Å². The molecule has 62 heavy (non-hydrogen) atoms. The van der Waals surface area contributed by atoms with Gasteiger partial charge in [-0.1, -0.05) is 17.7 Å². The van der Waals surface area contributed by atoms with Gasteiger partial charge in [-0.25, -0.2) is 24.5 Å². The second-order valence-corrected chi connectivity index (χ2v) is 17.1. The molecule has 1 spiro atoms. The fourth-order valence-corrected chi connectivity index (χ4v) is 11.1. The number of nitrogens with zero attached hydrogens (tertiary/aromatic N) is 4. The Bertz CT molecular complexity index is 2720. The van der Waals surface area contributed by atoms with Crippen LogP contribution in [0.5, 0.6) is 17.4 Å². The van der Waals surface area contributed by atoms with E-state index < -0.39 is 23.7 Å². The number of carboxylic acid groups (broad SMARTS) is 1. The summed E-state index contributed by atoms with van der Waals surface area (Å²) >= 11 is 6.78. The Kier molecular flexibility index (Phi) is 9.39. The number of nitrogens with one attached hydrogen (secondary N) is 2. The maximum atomic E-state index is 13.5. The highest BCUT2D eigenvalue weighted by molar-refractivity contribution is 6.32. The summed E-state index contributed by atoms with van der Waals surface area (Å²) in [6, 6.07) is 25.1. The largest absolute Gasteiger partial charge is 0.478 e. The number of hydrogen-bond acceptors (Lipinski definition) is 10. The SMILES string of the molecule is CN(c1ccc(Nc2ncccc2C(=O)Oc2ccc(C(=O)O)c(Nc3cnc(Oc4ccc(C56CC7CC8CC(C5)C76C8)cc4Cl)cn3)c2)cc1)c1ccc(C(F)(F)F)cc1. The molecule has 4 saturated carbocycles. The molecular weight excluding hydrogens is 821 g/mol. The van der Waals surface area contributed by atoms with Crippen LogP contribution in [0, 0.1) is 23.2 Å². The summed E-state index contributed by atoms with van der Waals surface area (Å²) in [7, 11) is 1.73. The van der Waals surface area contributed by atoms with Crippen molar-refractivity contribution < 1.29 is 37.3 Å². The van der Waals surface area contributed by atoms with Gasteiger partial charge in [0.15, 0.2) is 0 Å². The highest BCUT2D eigenvalue weighted by Gasteiger charge is 2.81. The first-order valence-corrected chi connectivity index (χ1v) is 20.6. The van der Waals surface area contributed by atoms with Crippen molar-refractivity contribution >= 4 is 57.9 Å². The number of pyridine rings is 1. The summed E-state index contributed by atoms with van der Waals surface area (Å²) in [5.41, 5.74) is 3.26. The van der Waals surface area contributed by atoms with E-state index in [-0.39, 0.29) is 45.5 Å². The first-order chi connectivity index (χ1) is 29.8. The minimum absolute atomic E-state index is 0.0497. The van der Waals surface area contributed by atoms with Crippen molar-refractivity contribution in [2.75, 3.05) is 22.6 Å². The quantitative estimate of drug-likeness (QED) is 0.0800. The highest BCUT2D eigenvalue weighted by Crippen LogP contribution is 2.86. The zero-order chi connectivity index (χ0) is 43.0. The Morgan fingerprint density at radius 1 is 0.839 bits per heavy atom. The van der Waals surface area contributed by atoms with Gasteiger partial charge in [0.2, 0.25) is 5.88 Å². The Hall–Kier alpha value is -6.67. The van der Waals surface area contributed by atoms with Crippen LogP contribution in [0.4, 0.5) is 47.6 Å². The minimum atomic E-state index is -4.43. The Balaban J connectivity index is 0.790. The fraction of sp³-hybridized carbons (Fsp3) is 0.255. The summed E-state index contributed by atoms with van der Waals surface area (Å²) in [6.45, 7) is 0. The van der Waals surface area contributed by atoms with Crippen molar-refractivity contribution in [2.45, 2.75) is 43.7 Å². The van der Waals surface area contributed by atoms with E-state index in [1.54, 1.807) is 42.3 Å². The number of hydrogen-bond donors (Lipinski definition) is 3. The molecule has 4 aromatic carbocycles. The molecule has 3 N–H and O–H groups in total. The van der Waals surface area contributed by atoms with Gasteiger partial charge in [-0.15, -0.1) is 0 Å². The van der Waals surface area contributed by atoms with Crippen molar-refractivity contribution in [3.05, 3.63) is 143 Å². The summed E-state index contributed by atoms with van der Waals surface area (Å²) < 4.78 is 50.8. The number of benzene rings is 4. The predicted molar refractivity (Wildman–Crippen MR) is 226 cm³/mol. The Morgan fingerprint density at radius 3 is 2.21 bits per heavy atom. The number of rotatable bonds is 12. The second-order valence-electron chi connectivity index (χ2n) is 16.7. The van der Waals surface area contributed by atoms with Crippen LogP contribution in [0.2, 0.25) is 5.02 Å². The molecular formula is C47H38ClF3N6O5. The first-order valence-electron chi connectivity index (χ1n) is 20.2. The third kappa shape index (κ3) is 6.64. The van der Waals surface area contributed by atoms with Gasteiger partial charge in [-0.2, -0.15) is 13.2 Å². The van der Waals surface area contributed by atoms with Crippen LogP contribution in [0.25, 0.3) is 0 Å². The number of aromatic nitrogens is 3. The van der Waals surface area contributed by atoms with Crippen molar-refractivity contribution in [3.8, 4) is 17.4 Å². The molecule has 0 amide bonds. The average molecular weight is 859 g/mol. The van der Waals surface area contributed by atoms with Gasteiger partial charge < -0.3 is 30.1 Å². The topological polar surface area (TPSA) is 139 Å². The number of carbonyl (C=O) groups is 2. The lowest BCUT2D eigenvalue weighted by atomic mass is 9.29. The standard InChI is InChI=1S/C47H38ClF3N6O5/c1-57(32-9-4-27(5-10-32)47(49,50)51)33-11-7-31(8-12-33)55-42-36(3-2-16-52-42)44(60)61-34-13-14-35(43(58)59)38(20-34)56-40-24-54-41(25-53-40)62-39-15-6-28(19-37(39)48)45-22-29-17-26-18-30(23-45)46(29,45)21-26/h2-16,19-20,24-26,29-30H,17-18,21-23H2,1H3,(H,52,55)(H,53,56)(H,58,59). The number of fused-ring (bicyclic) bond motifs is 1. The zero-order valence-electron chi connectivity index (χ0n) is 33.1. The average Bonchev–Trinajstić information content (AvgIpc) is 3.79. The first kappa shape index (κ1) is 39.5. The third-order valence-corrected chi connectivity index (χ3v) is 13.8. The van der Waals surface area contributed by atoms with Crippen molar-refractivity contribution in [1.82, 2.24) is 15.0 Å². The maximum absolute atomic E-state index is 13.5. The molecule has 4 fully saturated rings. The number of anilines is 6. The molecule has 15 heteroatoms. The third-order valence-electron chi connectivity index (χ3n) is 13.5. The number of alkyl halides is 3. The van der Waals surface area contributed by atoms with Crippen LogP contribution in [-0.4, -0.2) is 39.0 Å². The molecule has 6 aromatic rings. The lowest BCUT2D eigenvalue weighted by molar-refractivity contribution is -0.205. The van der Waals surface area contributed by atoms with Crippen LogP contribution in [0.1, 0.15) is 63.9 Å². The van der Waals surface area contributed by atoms with E-state index >= 15 is 0 Å². The van der Waals surface area contributed by atoms with Gasteiger partial charge in [0.1, 0.15) is 28.7 Å². The van der Waals surface area contributed by atoms with Crippen LogP contribution < -0.4 is 25.0 Å². The van der Waals surface area contributed by atoms with Crippen LogP contribution in [-0.2, 0) is 11.6 Å². The molecule has 11 nitrogen and oxygen atoms in total. The molecule has 2 heterocycles. The molecule has 314 valence electrons. The predicted octanol–water partition coefficient (Wildman–Crippen LogP) is 11.6. The molecule has 0 aliphatic heterocycles. The van der Waals surface area contributed by atoms with E-state index in [9.17, 15) is 27.9 Å². The lowest BCUT2D eigenvalue weighted by Gasteiger charge is -2.75. The number of aromatic carboxylic acids is 1. The zero-order valence-corrected chi connectivity index (χ0v) is 33.9. The van der Waals surface area contributed by atoms with Gasteiger partial charge in [-0.05, 0) is 146 Å². The van der Waals surface area contributed by atoms with Gasteiger partial charge in [-0.3, -0.25) is 0 Å². The summed E-state index contributed by atoms with van der Waals surface area (Å²) in [5, 5.41) is 16.5. The van der Waals surface area contributed by atoms with E-state index in [1.807, 2.05) is 6.07 Å². The molecule has 4 aliphatic carbocycles. The summed E-state index contributed by atoms with van der Waals surface area (Å²) in [6.07, 6.45) is 6.53. The van der Waals surface area contributed by atoms with Crippen molar-refractivity contribution in [1.29, 1.82) is 0 Å². The second kappa shape index (κ2) is 14.8. The highest BCUT2D eigenvalue weighted by atomic mass is 35.5. The smallest absolute Gasteiger partial charge is 0.416 e. The summed E-state index contributed by atoms with van der Waals surface area (Å²) in [5.74, 6) is 1.78. The Labute approximate surface area is 358 Å².